The molecule has 1 N–H and O–H groups in total. The number of hydrogen-bond donors (Lipinski definition) is 1. The quantitative estimate of drug-likeness (QED) is 0.902. The van der Waals surface area contributed by atoms with E-state index in [1.54, 1.807) is 0 Å². The average molecular weight is 325 g/mol. The molecule has 122 valence electrons. The van der Waals surface area contributed by atoms with Crippen LogP contribution < -0.4 is 14.8 Å². The SMILES string of the molecule is CCCN(Cc1cc(Cl)c2c(c1)OCCO2)C1CCNCC1. The van der Waals surface area contributed by atoms with Crippen molar-refractivity contribution in [1.82, 2.24) is 10.2 Å². The molecule has 0 amide bonds. The van der Waals surface area contributed by atoms with E-state index in [9.17, 15) is 0 Å². The zero-order valence-electron chi connectivity index (χ0n) is 13.2. The Bertz CT molecular complexity index is 504. The van der Waals surface area contributed by atoms with Crippen molar-refractivity contribution in [3.05, 3.63) is 22.7 Å². The summed E-state index contributed by atoms with van der Waals surface area (Å²) in [5, 5.41) is 4.10. The Morgan fingerprint density at radius 1 is 1.23 bits per heavy atom. The number of piperidine rings is 1. The highest BCUT2D eigenvalue weighted by Crippen LogP contribution is 2.38. The maximum absolute atomic E-state index is 6.36. The van der Waals surface area contributed by atoms with Crippen molar-refractivity contribution in [1.29, 1.82) is 0 Å². The Morgan fingerprint density at radius 3 is 2.77 bits per heavy atom. The Morgan fingerprint density at radius 2 is 2.00 bits per heavy atom. The van der Waals surface area contributed by atoms with Crippen LogP contribution in [0.2, 0.25) is 5.02 Å². The van der Waals surface area contributed by atoms with Crippen LogP contribution in [-0.4, -0.2) is 43.8 Å². The van der Waals surface area contributed by atoms with E-state index in [1.165, 1.54) is 24.8 Å². The summed E-state index contributed by atoms with van der Waals surface area (Å²) in [7, 11) is 0. The second-order valence-electron chi connectivity index (χ2n) is 6.05. The number of halogens is 1. The molecule has 0 saturated carbocycles. The van der Waals surface area contributed by atoms with Crippen molar-refractivity contribution in [2.24, 2.45) is 0 Å². The molecule has 2 aliphatic rings. The molecule has 0 atom stereocenters. The molecule has 0 aromatic heterocycles. The van der Waals surface area contributed by atoms with E-state index >= 15 is 0 Å². The Hall–Kier alpha value is -0.970. The first kappa shape index (κ1) is 15.9. The predicted octanol–water partition coefficient (Wildman–Crippen LogP) is 3.08. The Balaban J connectivity index is 1.75. The van der Waals surface area contributed by atoms with Crippen molar-refractivity contribution >= 4 is 11.6 Å². The lowest BCUT2D eigenvalue weighted by molar-refractivity contribution is 0.152. The number of fused-ring (bicyclic) bond motifs is 1. The fraction of sp³-hybridized carbons (Fsp3) is 0.647. The van der Waals surface area contributed by atoms with Gasteiger partial charge in [0, 0.05) is 12.6 Å². The fourth-order valence-corrected chi connectivity index (χ4v) is 3.63. The molecular weight excluding hydrogens is 300 g/mol. The van der Waals surface area contributed by atoms with E-state index in [-0.39, 0.29) is 0 Å². The van der Waals surface area contributed by atoms with E-state index in [1.807, 2.05) is 6.07 Å². The van der Waals surface area contributed by atoms with Crippen LogP contribution in [0.5, 0.6) is 11.5 Å². The first-order valence-corrected chi connectivity index (χ1v) is 8.68. The van der Waals surface area contributed by atoms with Gasteiger partial charge in [0.2, 0.25) is 0 Å². The monoisotopic (exact) mass is 324 g/mol. The van der Waals surface area contributed by atoms with Gasteiger partial charge in [0.25, 0.3) is 0 Å². The van der Waals surface area contributed by atoms with Gasteiger partial charge < -0.3 is 14.8 Å². The van der Waals surface area contributed by atoms with Crippen molar-refractivity contribution in [3.8, 4) is 11.5 Å². The molecule has 1 aromatic rings. The number of nitrogens with zero attached hydrogens (tertiary/aromatic N) is 1. The number of ether oxygens (including phenoxy) is 2. The van der Waals surface area contributed by atoms with Crippen LogP contribution in [0.1, 0.15) is 31.7 Å². The largest absolute Gasteiger partial charge is 0.486 e. The minimum absolute atomic E-state index is 0.573. The van der Waals surface area contributed by atoms with Crippen molar-refractivity contribution in [3.63, 3.8) is 0 Å². The van der Waals surface area contributed by atoms with Gasteiger partial charge in [-0.2, -0.15) is 0 Å². The number of rotatable bonds is 5. The molecule has 1 fully saturated rings. The van der Waals surface area contributed by atoms with Crippen LogP contribution >= 0.6 is 11.6 Å². The van der Waals surface area contributed by atoms with Crippen LogP contribution in [0.25, 0.3) is 0 Å². The standard InChI is InChI=1S/C17H25ClN2O2/c1-2-7-20(14-3-5-19-6-4-14)12-13-10-15(18)17-16(11-13)21-8-9-22-17/h10-11,14,19H,2-9,12H2,1H3. The van der Waals surface area contributed by atoms with E-state index in [0.29, 0.717) is 30.0 Å². The van der Waals surface area contributed by atoms with Gasteiger partial charge >= 0.3 is 0 Å². The maximum Gasteiger partial charge on any atom is 0.179 e. The summed E-state index contributed by atoms with van der Waals surface area (Å²) >= 11 is 6.36. The summed E-state index contributed by atoms with van der Waals surface area (Å²) in [6.45, 7) is 7.69. The second-order valence-corrected chi connectivity index (χ2v) is 6.46. The Kier molecular flexibility index (Phi) is 5.45. The number of hydrogen-bond acceptors (Lipinski definition) is 4. The van der Waals surface area contributed by atoms with Gasteiger partial charge in [0.05, 0.1) is 5.02 Å². The third-order valence-corrected chi connectivity index (χ3v) is 4.66. The van der Waals surface area contributed by atoms with Crippen molar-refractivity contribution in [2.45, 2.75) is 38.8 Å². The first-order valence-electron chi connectivity index (χ1n) is 8.30. The lowest BCUT2D eigenvalue weighted by Gasteiger charge is -2.34. The number of benzene rings is 1. The molecule has 0 bridgehead atoms. The topological polar surface area (TPSA) is 33.7 Å². The summed E-state index contributed by atoms with van der Waals surface area (Å²) in [4.78, 5) is 2.59. The van der Waals surface area contributed by atoms with E-state index in [2.05, 4.69) is 23.2 Å². The molecule has 5 heteroatoms. The van der Waals surface area contributed by atoms with Crippen LogP contribution in [0.15, 0.2) is 12.1 Å². The molecule has 22 heavy (non-hydrogen) atoms. The van der Waals surface area contributed by atoms with Crippen molar-refractivity contribution in [2.75, 3.05) is 32.8 Å². The van der Waals surface area contributed by atoms with Gasteiger partial charge in [-0.3, -0.25) is 4.90 Å². The molecule has 0 unspecified atom stereocenters. The number of nitrogens with one attached hydrogen (secondary N) is 1. The lowest BCUT2D eigenvalue weighted by Crippen LogP contribution is -2.43. The Labute approximate surface area is 137 Å². The molecule has 1 aromatic carbocycles. The van der Waals surface area contributed by atoms with Crippen LogP contribution in [0.4, 0.5) is 0 Å². The third-order valence-electron chi connectivity index (χ3n) is 4.38. The lowest BCUT2D eigenvalue weighted by atomic mass is 10.0. The van der Waals surface area contributed by atoms with Crippen LogP contribution in [0.3, 0.4) is 0 Å². The van der Waals surface area contributed by atoms with Gasteiger partial charge in [0.15, 0.2) is 11.5 Å². The van der Waals surface area contributed by atoms with Gasteiger partial charge in [-0.1, -0.05) is 18.5 Å². The summed E-state index contributed by atoms with van der Waals surface area (Å²) in [5.41, 5.74) is 1.21. The predicted molar refractivity (Wildman–Crippen MR) is 89.0 cm³/mol. The molecular formula is C17H25ClN2O2. The summed E-state index contributed by atoms with van der Waals surface area (Å²) in [5.74, 6) is 1.48. The van der Waals surface area contributed by atoms with Gasteiger partial charge in [-0.25, -0.2) is 0 Å². The van der Waals surface area contributed by atoms with Crippen LogP contribution in [0, 0.1) is 0 Å². The van der Waals surface area contributed by atoms with Gasteiger partial charge in [-0.15, -0.1) is 0 Å². The van der Waals surface area contributed by atoms with Crippen LogP contribution in [-0.2, 0) is 6.54 Å². The molecule has 1 saturated heterocycles. The minimum Gasteiger partial charge on any atom is -0.486 e. The molecule has 2 heterocycles. The highest BCUT2D eigenvalue weighted by atomic mass is 35.5. The van der Waals surface area contributed by atoms with Crippen molar-refractivity contribution < 1.29 is 9.47 Å². The molecule has 0 aliphatic carbocycles. The highest BCUT2D eigenvalue weighted by molar-refractivity contribution is 6.32. The van der Waals surface area contributed by atoms with Gasteiger partial charge in [0.1, 0.15) is 13.2 Å². The third kappa shape index (κ3) is 3.67. The summed E-state index contributed by atoms with van der Waals surface area (Å²) < 4.78 is 11.3. The zero-order valence-corrected chi connectivity index (χ0v) is 14.0. The summed E-state index contributed by atoms with van der Waals surface area (Å²) in [6, 6.07) is 4.77. The normalized spacial score (nSPS) is 18.7. The fourth-order valence-electron chi connectivity index (χ4n) is 3.34. The minimum atomic E-state index is 0.573. The second kappa shape index (κ2) is 7.53. The molecule has 2 aliphatic heterocycles. The molecule has 0 spiro atoms. The first-order chi connectivity index (χ1) is 10.8. The molecule has 3 rings (SSSR count). The zero-order chi connectivity index (χ0) is 15.4. The van der Waals surface area contributed by atoms with E-state index in [4.69, 9.17) is 21.1 Å². The smallest absolute Gasteiger partial charge is 0.179 e. The summed E-state index contributed by atoms with van der Waals surface area (Å²) in [6.07, 6.45) is 3.61. The average Bonchev–Trinajstić information content (AvgIpc) is 2.55. The molecule has 0 radical (unpaired) electrons. The van der Waals surface area contributed by atoms with E-state index < -0.39 is 0 Å². The van der Waals surface area contributed by atoms with E-state index in [0.717, 1.165) is 31.9 Å². The highest BCUT2D eigenvalue weighted by Gasteiger charge is 2.22. The molecule has 4 nitrogen and oxygen atoms in total. The van der Waals surface area contributed by atoms with Gasteiger partial charge in [-0.05, 0) is 56.6 Å². The maximum atomic E-state index is 6.36.